The molecule has 4 aliphatic rings. The molecule has 0 aliphatic carbocycles. The summed E-state index contributed by atoms with van der Waals surface area (Å²) >= 11 is 1.38. The summed E-state index contributed by atoms with van der Waals surface area (Å²) in [4.78, 5) is 13.7. The van der Waals surface area contributed by atoms with Crippen LogP contribution in [0.5, 0.6) is 0 Å². The highest BCUT2D eigenvalue weighted by molar-refractivity contribution is 7.99. The zero-order chi connectivity index (χ0) is 25.3. The monoisotopic (exact) mass is 512 g/mol. The maximum Gasteiger partial charge on any atom is 0.240 e. The van der Waals surface area contributed by atoms with Crippen LogP contribution in [-0.4, -0.2) is 88.2 Å². The quantitative estimate of drug-likeness (QED) is 0.359. The van der Waals surface area contributed by atoms with Gasteiger partial charge in [0.25, 0.3) is 0 Å². The van der Waals surface area contributed by atoms with E-state index in [1.165, 1.54) is 18.2 Å². The molecule has 200 valence electrons. The first-order valence-electron chi connectivity index (χ1n) is 13.2. The third-order valence-corrected chi connectivity index (χ3v) is 9.30. The Bertz CT molecular complexity index is 764. The number of rotatable bonds is 4. The van der Waals surface area contributed by atoms with Crippen LogP contribution < -0.4 is 10.6 Å². The van der Waals surface area contributed by atoms with Crippen LogP contribution in [0, 0.1) is 23.2 Å². The summed E-state index contributed by atoms with van der Waals surface area (Å²) in [5.41, 5.74) is -1.15. The molecule has 2 unspecified atom stereocenters. The van der Waals surface area contributed by atoms with Crippen molar-refractivity contribution in [3.8, 4) is 0 Å². The van der Waals surface area contributed by atoms with Crippen molar-refractivity contribution in [1.29, 1.82) is 0 Å². The van der Waals surface area contributed by atoms with Gasteiger partial charge in [-0.2, -0.15) is 0 Å². The van der Waals surface area contributed by atoms with Crippen LogP contribution in [0.15, 0.2) is 12.2 Å². The standard InChI is InChI=1S/C26H44N2O6S/c1-14(2)11-15-7-9-33-21-16(12-15)13-27-17(21)24(32)28-23-22-19(30)18(29)20(31)25(34-22)35-10-6-5-8-26(23,3)4/h5-6,14-23,25,27,29-31H,7-13H2,1-4H3,(H,28,32)/b6-5+/t15-,16+,17-,18+,19?,20+,21-,22-,23-,25?/m0/s1. The summed E-state index contributed by atoms with van der Waals surface area (Å²) in [5.74, 6) is 2.03. The predicted molar refractivity (Wildman–Crippen MR) is 136 cm³/mol. The lowest BCUT2D eigenvalue weighted by atomic mass is 9.75. The lowest BCUT2D eigenvalue weighted by Crippen LogP contribution is -2.67. The molecule has 0 saturated carbocycles. The largest absolute Gasteiger partial charge is 0.388 e. The molecular weight excluding hydrogens is 468 g/mol. The maximum atomic E-state index is 13.7. The third-order valence-electron chi connectivity index (χ3n) is 8.19. The van der Waals surface area contributed by atoms with E-state index in [2.05, 4.69) is 30.6 Å². The molecule has 0 radical (unpaired) electrons. The zero-order valence-electron chi connectivity index (χ0n) is 21.4. The number of aliphatic hydroxyl groups excluding tert-OH is 3. The Hall–Kier alpha value is -0.680. The number of ether oxygens (including phenoxy) is 2. The number of amides is 1. The summed E-state index contributed by atoms with van der Waals surface area (Å²) in [6.07, 6.45) is 3.16. The maximum absolute atomic E-state index is 13.7. The van der Waals surface area contributed by atoms with Crippen molar-refractivity contribution < 1.29 is 29.6 Å². The number of thioether (sulfide) groups is 1. The summed E-state index contributed by atoms with van der Waals surface area (Å²) in [6, 6.07) is -1.04. The Labute approximate surface area is 213 Å². The Morgan fingerprint density at radius 3 is 2.69 bits per heavy atom. The van der Waals surface area contributed by atoms with Gasteiger partial charge in [-0.15, -0.1) is 11.8 Å². The molecule has 0 spiro atoms. The Morgan fingerprint density at radius 2 is 1.94 bits per heavy atom. The Balaban J connectivity index is 1.52. The third kappa shape index (κ3) is 6.08. The Kier molecular flexibility index (Phi) is 8.89. The molecule has 0 aromatic heterocycles. The molecular formula is C26H44N2O6S. The number of fused-ring (bicyclic) bond motifs is 3. The molecule has 4 aliphatic heterocycles. The van der Waals surface area contributed by atoms with E-state index in [1.54, 1.807) is 0 Å². The fraction of sp³-hybridized carbons (Fsp3) is 0.885. The van der Waals surface area contributed by atoms with E-state index in [4.69, 9.17) is 9.47 Å². The van der Waals surface area contributed by atoms with Gasteiger partial charge in [0.1, 0.15) is 35.9 Å². The van der Waals surface area contributed by atoms with Crippen molar-refractivity contribution in [1.82, 2.24) is 10.6 Å². The van der Waals surface area contributed by atoms with Gasteiger partial charge < -0.3 is 35.4 Å². The first-order valence-corrected chi connectivity index (χ1v) is 14.2. The van der Waals surface area contributed by atoms with E-state index >= 15 is 0 Å². The van der Waals surface area contributed by atoms with Crippen LogP contribution in [-0.2, 0) is 14.3 Å². The average Bonchev–Trinajstić information content (AvgIpc) is 3.08. The molecule has 4 heterocycles. The average molecular weight is 513 g/mol. The second kappa shape index (κ2) is 11.4. The molecule has 0 aromatic rings. The van der Waals surface area contributed by atoms with Crippen molar-refractivity contribution in [2.45, 2.75) is 101 Å². The van der Waals surface area contributed by atoms with Crippen molar-refractivity contribution in [2.24, 2.45) is 23.2 Å². The van der Waals surface area contributed by atoms with Gasteiger partial charge in [0.2, 0.25) is 5.91 Å². The van der Waals surface area contributed by atoms with Crippen LogP contribution in [0.4, 0.5) is 0 Å². The van der Waals surface area contributed by atoms with Gasteiger partial charge in [0, 0.05) is 18.9 Å². The van der Waals surface area contributed by atoms with Gasteiger partial charge in [-0.3, -0.25) is 4.79 Å². The summed E-state index contributed by atoms with van der Waals surface area (Å²) in [6.45, 7) is 9.98. The van der Waals surface area contributed by atoms with Crippen molar-refractivity contribution in [3.05, 3.63) is 12.2 Å². The van der Waals surface area contributed by atoms with E-state index in [0.717, 1.165) is 19.4 Å². The molecule has 35 heavy (non-hydrogen) atoms. The zero-order valence-corrected chi connectivity index (χ0v) is 22.2. The number of allylic oxidation sites excluding steroid dienone is 1. The summed E-state index contributed by atoms with van der Waals surface area (Å²) < 4.78 is 12.4. The first kappa shape index (κ1) is 27.4. The van der Waals surface area contributed by atoms with Gasteiger partial charge in [0.15, 0.2) is 0 Å². The molecule has 9 heteroatoms. The second-order valence-corrected chi connectivity index (χ2v) is 13.1. The minimum Gasteiger partial charge on any atom is -0.388 e. The minimum absolute atomic E-state index is 0.167. The summed E-state index contributed by atoms with van der Waals surface area (Å²) in [5, 5.41) is 38.5. The van der Waals surface area contributed by atoms with Gasteiger partial charge in [-0.05, 0) is 48.9 Å². The van der Waals surface area contributed by atoms with Crippen LogP contribution in [0.3, 0.4) is 0 Å². The van der Waals surface area contributed by atoms with Gasteiger partial charge in [0.05, 0.1) is 12.1 Å². The van der Waals surface area contributed by atoms with Crippen LogP contribution >= 0.6 is 11.8 Å². The number of hydrogen-bond donors (Lipinski definition) is 5. The van der Waals surface area contributed by atoms with Gasteiger partial charge in [-0.25, -0.2) is 0 Å². The Morgan fingerprint density at radius 1 is 1.17 bits per heavy atom. The molecule has 10 atom stereocenters. The topological polar surface area (TPSA) is 120 Å². The van der Waals surface area contributed by atoms with E-state index in [0.29, 0.717) is 36.5 Å². The van der Waals surface area contributed by atoms with E-state index in [9.17, 15) is 20.1 Å². The van der Waals surface area contributed by atoms with Crippen molar-refractivity contribution in [3.63, 3.8) is 0 Å². The highest BCUT2D eigenvalue weighted by Gasteiger charge is 2.52. The molecule has 5 N–H and O–H groups in total. The minimum atomic E-state index is -1.35. The lowest BCUT2D eigenvalue weighted by Gasteiger charge is -2.48. The SMILES string of the molecule is CC(C)C[C@@H]1CCO[C@H]2[C@@H](CN[C@@H]2C(=O)N[C@H]2[C@H]3OC(SC/C=C/CC2(C)C)[C@H](O)[C@H](O)C3O)C1. The molecule has 0 aromatic carbocycles. The molecule has 3 fully saturated rings. The number of nitrogens with one attached hydrogen (secondary N) is 2. The number of carbonyl (C=O) groups is 1. The van der Waals surface area contributed by atoms with Crippen LogP contribution in [0.25, 0.3) is 0 Å². The first-order chi connectivity index (χ1) is 16.6. The lowest BCUT2D eigenvalue weighted by molar-refractivity contribution is -0.212. The normalized spacial score (nSPS) is 44.8. The highest BCUT2D eigenvalue weighted by atomic mass is 32.2. The van der Waals surface area contributed by atoms with Crippen LogP contribution in [0.2, 0.25) is 0 Å². The predicted octanol–water partition coefficient (Wildman–Crippen LogP) is 1.43. The molecule has 3 saturated heterocycles. The van der Waals surface area contributed by atoms with Crippen molar-refractivity contribution in [2.75, 3.05) is 18.9 Å². The highest BCUT2D eigenvalue weighted by Crippen LogP contribution is 2.39. The fourth-order valence-corrected chi connectivity index (χ4v) is 7.26. The molecule has 1 amide bonds. The van der Waals surface area contributed by atoms with Crippen LogP contribution in [0.1, 0.15) is 53.4 Å². The summed E-state index contributed by atoms with van der Waals surface area (Å²) in [7, 11) is 0. The van der Waals surface area contributed by atoms with E-state index < -0.39 is 47.4 Å². The van der Waals surface area contributed by atoms with E-state index in [-0.39, 0.29) is 12.0 Å². The number of hydrogen-bond acceptors (Lipinski definition) is 8. The van der Waals surface area contributed by atoms with Gasteiger partial charge >= 0.3 is 0 Å². The van der Waals surface area contributed by atoms with Gasteiger partial charge in [-0.1, -0.05) is 39.8 Å². The van der Waals surface area contributed by atoms with E-state index in [1.807, 2.05) is 19.9 Å². The fourth-order valence-electron chi connectivity index (χ4n) is 6.26. The molecule has 2 bridgehead atoms. The smallest absolute Gasteiger partial charge is 0.240 e. The second-order valence-electron chi connectivity index (χ2n) is 11.9. The molecule has 4 rings (SSSR count). The number of aliphatic hydroxyl groups is 3. The van der Waals surface area contributed by atoms with Crippen molar-refractivity contribution >= 4 is 17.7 Å². The molecule has 8 nitrogen and oxygen atoms in total. The number of carbonyl (C=O) groups excluding carboxylic acids is 1.